The normalized spacial score (nSPS) is 19.3. The number of hydrogen-bond acceptors (Lipinski definition) is 2. The summed E-state index contributed by atoms with van der Waals surface area (Å²) in [6.45, 7) is 0. The molecule has 4 rings (SSSR count). The molecule has 0 aliphatic heterocycles. The van der Waals surface area contributed by atoms with Crippen LogP contribution < -0.4 is 4.72 Å². The fourth-order valence-corrected chi connectivity index (χ4v) is 5.77. The first-order valence-corrected chi connectivity index (χ1v) is 11.3. The van der Waals surface area contributed by atoms with Crippen LogP contribution in [-0.2, 0) is 10.0 Å². The predicted molar refractivity (Wildman–Crippen MR) is 108 cm³/mol. The lowest BCUT2D eigenvalue weighted by atomic mass is 9.82. The lowest BCUT2D eigenvalue weighted by Crippen LogP contribution is -2.24. The van der Waals surface area contributed by atoms with Gasteiger partial charge in [-0.15, -0.1) is 0 Å². The zero-order chi connectivity index (χ0) is 18.2. The lowest BCUT2D eigenvalue weighted by molar-refractivity contribution is 0.319. The van der Waals surface area contributed by atoms with Crippen LogP contribution in [0.3, 0.4) is 0 Å². The molecule has 0 bridgehead atoms. The van der Waals surface area contributed by atoms with Gasteiger partial charge in [-0.1, -0.05) is 59.1 Å². The fraction of sp³-hybridized carbons (Fsp3) is 0.333. The minimum absolute atomic E-state index is 0.233. The van der Waals surface area contributed by atoms with E-state index in [2.05, 4.69) is 32.8 Å². The Labute approximate surface area is 163 Å². The molecule has 0 amide bonds. The summed E-state index contributed by atoms with van der Waals surface area (Å²) < 4.78 is 29.7. The van der Waals surface area contributed by atoms with E-state index in [1.54, 1.807) is 24.3 Å². The maximum absolute atomic E-state index is 12.9. The van der Waals surface area contributed by atoms with E-state index in [4.69, 9.17) is 0 Å². The Morgan fingerprint density at radius 1 is 0.885 bits per heavy atom. The standard InChI is InChI=1S/C21H22BrNO2S/c22-17-10-8-16(9-11-17)19-14-21(12-4-5-13-21)15-20(19)23-26(24,25)18-6-2-1-3-7-18/h1-3,6-11,23H,4-5,12-15H2. The minimum atomic E-state index is -3.56. The highest BCUT2D eigenvalue weighted by Gasteiger charge is 2.42. The highest BCUT2D eigenvalue weighted by molar-refractivity contribution is 9.10. The van der Waals surface area contributed by atoms with E-state index in [0.717, 1.165) is 34.1 Å². The van der Waals surface area contributed by atoms with Crippen molar-refractivity contribution in [2.24, 2.45) is 5.41 Å². The van der Waals surface area contributed by atoms with Crippen molar-refractivity contribution < 1.29 is 8.42 Å². The molecule has 1 N–H and O–H groups in total. The molecule has 1 fully saturated rings. The van der Waals surface area contributed by atoms with Crippen molar-refractivity contribution in [1.29, 1.82) is 0 Å². The van der Waals surface area contributed by atoms with Gasteiger partial charge in [0.2, 0.25) is 0 Å². The number of nitrogens with one attached hydrogen (secondary N) is 1. The van der Waals surface area contributed by atoms with Crippen LogP contribution in [0.25, 0.3) is 5.57 Å². The third kappa shape index (κ3) is 3.47. The third-order valence-corrected chi connectivity index (χ3v) is 7.57. The van der Waals surface area contributed by atoms with Gasteiger partial charge in [0.25, 0.3) is 10.0 Å². The SMILES string of the molecule is O=S(=O)(NC1=C(c2ccc(Br)cc2)CC2(CCCC2)C1)c1ccccc1. The van der Waals surface area contributed by atoms with Crippen molar-refractivity contribution in [2.45, 2.75) is 43.4 Å². The quantitative estimate of drug-likeness (QED) is 0.694. The largest absolute Gasteiger partial charge is 0.283 e. The smallest absolute Gasteiger partial charge is 0.261 e. The first-order chi connectivity index (χ1) is 12.5. The van der Waals surface area contributed by atoms with Gasteiger partial charge in [-0.3, -0.25) is 4.72 Å². The van der Waals surface area contributed by atoms with E-state index in [1.807, 2.05) is 18.2 Å². The summed E-state index contributed by atoms with van der Waals surface area (Å²) in [6.07, 6.45) is 6.64. The molecule has 0 heterocycles. The van der Waals surface area contributed by atoms with Gasteiger partial charge in [0.1, 0.15) is 0 Å². The first kappa shape index (κ1) is 17.8. The second-order valence-electron chi connectivity index (χ2n) is 7.44. The molecule has 0 atom stereocenters. The molecule has 0 unspecified atom stereocenters. The summed E-state index contributed by atoms with van der Waals surface area (Å²) >= 11 is 3.48. The Balaban J connectivity index is 1.71. The summed E-state index contributed by atoms with van der Waals surface area (Å²) in [7, 11) is -3.56. The molecule has 2 aromatic carbocycles. The molecule has 1 saturated carbocycles. The van der Waals surface area contributed by atoms with E-state index < -0.39 is 10.0 Å². The van der Waals surface area contributed by atoms with Crippen LogP contribution in [0.4, 0.5) is 0 Å². The number of rotatable bonds is 4. The van der Waals surface area contributed by atoms with E-state index in [-0.39, 0.29) is 5.41 Å². The molecule has 136 valence electrons. The molecule has 0 radical (unpaired) electrons. The summed E-state index contributed by atoms with van der Waals surface area (Å²) in [4.78, 5) is 0.315. The van der Waals surface area contributed by atoms with E-state index >= 15 is 0 Å². The van der Waals surface area contributed by atoms with Gasteiger partial charge in [-0.25, -0.2) is 8.42 Å². The molecule has 0 aromatic heterocycles. The topological polar surface area (TPSA) is 46.2 Å². The van der Waals surface area contributed by atoms with Crippen LogP contribution in [0.5, 0.6) is 0 Å². The first-order valence-electron chi connectivity index (χ1n) is 9.03. The van der Waals surface area contributed by atoms with Crippen LogP contribution in [0.15, 0.2) is 69.7 Å². The van der Waals surface area contributed by atoms with E-state index in [9.17, 15) is 8.42 Å². The van der Waals surface area contributed by atoms with Gasteiger partial charge in [0.15, 0.2) is 0 Å². The number of halogens is 1. The molecule has 26 heavy (non-hydrogen) atoms. The maximum Gasteiger partial charge on any atom is 0.261 e. The van der Waals surface area contributed by atoms with Crippen LogP contribution >= 0.6 is 15.9 Å². The minimum Gasteiger partial charge on any atom is -0.283 e. The summed E-state index contributed by atoms with van der Waals surface area (Å²) in [5.41, 5.74) is 3.37. The zero-order valence-electron chi connectivity index (χ0n) is 14.5. The van der Waals surface area contributed by atoms with Gasteiger partial charge in [-0.05, 0) is 66.5 Å². The van der Waals surface area contributed by atoms with Gasteiger partial charge in [-0.2, -0.15) is 0 Å². The van der Waals surface area contributed by atoms with Gasteiger partial charge >= 0.3 is 0 Å². The number of allylic oxidation sites excluding steroid dienone is 2. The molecule has 2 aromatic rings. The molecule has 2 aliphatic carbocycles. The molecular formula is C21H22BrNO2S. The lowest BCUT2D eigenvalue weighted by Gasteiger charge is -2.23. The summed E-state index contributed by atoms with van der Waals surface area (Å²) in [6, 6.07) is 16.8. The van der Waals surface area contributed by atoms with Crippen molar-refractivity contribution >= 4 is 31.5 Å². The molecular weight excluding hydrogens is 410 g/mol. The molecule has 0 saturated heterocycles. The van der Waals surface area contributed by atoms with Crippen molar-refractivity contribution in [3.05, 3.63) is 70.3 Å². The summed E-state index contributed by atoms with van der Waals surface area (Å²) in [5.74, 6) is 0. The average Bonchev–Trinajstić information content (AvgIpc) is 3.23. The van der Waals surface area contributed by atoms with E-state index in [1.165, 1.54) is 25.7 Å². The predicted octanol–water partition coefficient (Wildman–Crippen LogP) is 5.49. The molecule has 5 heteroatoms. The van der Waals surface area contributed by atoms with Crippen molar-refractivity contribution in [3.8, 4) is 0 Å². The molecule has 1 spiro atoms. The van der Waals surface area contributed by atoms with Crippen molar-refractivity contribution in [3.63, 3.8) is 0 Å². The van der Waals surface area contributed by atoms with Crippen LogP contribution in [0, 0.1) is 5.41 Å². The van der Waals surface area contributed by atoms with Gasteiger partial charge in [0.05, 0.1) is 4.90 Å². The number of hydrogen-bond donors (Lipinski definition) is 1. The van der Waals surface area contributed by atoms with E-state index in [0.29, 0.717) is 4.90 Å². The number of benzene rings is 2. The Kier molecular flexibility index (Phi) is 4.70. The Bertz CT molecular complexity index is 928. The Hall–Kier alpha value is -1.59. The maximum atomic E-state index is 12.9. The highest BCUT2D eigenvalue weighted by Crippen LogP contribution is 2.54. The van der Waals surface area contributed by atoms with Crippen LogP contribution in [-0.4, -0.2) is 8.42 Å². The second kappa shape index (κ2) is 6.86. The second-order valence-corrected chi connectivity index (χ2v) is 10.0. The fourth-order valence-electron chi connectivity index (χ4n) is 4.35. The molecule has 3 nitrogen and oxygen atoms in total. The van der Waals surface area contributed by atoms with Gasteiger partial charge < -0.3 is 0 Å². The zero-order valence-corrected chi connectivity index (χ0v) is 16.9. The highest BCUT2D eigenvalue weighted by atomic mass is 79.9. The van der Waals surface area contributed by atoms with Crippen molar-refractivity contribution in [2.75, 3.05) is 0 Å². The molecule has 2 aliphatic rings. The van der Waals surface area contributed by atoms with Gasteiger partial charge in [0, 0.05) is 10.2 Å². The van der Waals surface area contributed by atoms with Crippen molar-refractivity contribution in [1.82, 2.24) is 4.72 Å². The summed E-state index contributed by atoms with van der Waals surface area (Å²) in [5, 5.41) is 0. The third-order valence-electron chi connectivity index (χ3n) is 5.64. The van der Waals surface area contributed by atoms with Crippen LogP contribution in [0.2, 0.25) is 0 Å². The van der Waals surface area contributed by atoms with Crippen LogP contribution in [0.1, 0.15) is 44.1 Å². The Morgan fingerprint density at radius 2 is 1.54 bits per heavy atom. The average molecular weight is 432 g/mol. The Morgan fingerprint density at radius 3 is 2.19 bits per heavy atom. The monoisotopic (exact) mass is 431 g/mol. The number of sulfonamides is 1.